The predicted octanol–water partition coefficient (Wildman–Crippen LogP) is 0.158. The monoisotopic (exact) mass is 387 g/mol. The molecule has 3 heterocycles. The van der Waals surface area contributed by atoms with Gasteiger partial charge in [0.1, 0.15) is 0 Å². The number of methoxy groups -OCH3 is 1. The molecular weight excluding hydrogens is 366 g/mol. The fourth-order valence-corrected chi connectivity index (χ4v) is 5.12. The SMILES string of the molecule is COC(=O)[C@@]1(Cc2cscn2)C[C@H]2CC[C@@H]1N2C(=O)CNS(C)(=O)=O. The van der Waals surface area contributed by atoms with E-state index < -0.39 is 15.4 Å². The Hall–Kier alpha value is -1.52. The topological polar surface area (TPSA) is 106 Å². The Morgan fingerprint density at radius 3 is 2.84 bits per heavy atom. The molecule has 25 heavy (non-hydrogen) atoms. The molecule has 8 nitrogen and oxygen atoms in total. The van der Waals surface area contributed by atoms with Crippen LogP contribution in [-0.4, -0.2) is 62.2 Å². The maximum atomic E-state index is 12.6. The zero-order valence-corrected chi connectivity index (χ0v) is 15.7. The maximum absolute atomic E-state index is 12.6. The molecule has 0 aliphatic carbocycles. The van der Waals surface area contributed by atoms with Crippen molar-refractivity contribution in [2.24, 2.45) is 5.41 Å². The molecule has 10 heteroatoms. The number of esters is 1. The fourth-order valence-electron chi connectivity index (χ4n) is 4.18. The average Bonchev–Trinajstić information content (AvgIpc) is 3.26. The number of nitrogens with one attached hydrogen (secondary N) is 1. The van der Waals surface area contributed by atoms with Crippen molar-refractivity contribution >= 4 is 33.2 Å². The highest BCUT2D eigenvalue weighted by atomic mass is 32.2. The summed E-state index contributed by atoms with van der Waals surface area (Å²) < 4.78 is 29.8. The van der Waals surface area contributed by atoms with E-state index in [-0.39, 0.29) is 30.5 Å². The normalized spacial score (nSPS) is 28.3. The van der Waals surface area contributed by atoms with E-state index in [4.69, 9.17) is 4.74 Å². The van der Waals surface area contributed by atoms with E-state index in [1.54, 1.807) is 10.4 Å². The third-order valence-corrected chi connectivity index (χ3v) is 6.39. The lowest BCUT2D eigenvalue weighted by Crippen LogP contribution is -2.49. The lowest BCUT2D eigenvalue weighted by Gasteiger charge is -2.34. The van der Waals surface area contributed by atoms with Crippen LogP contribution in [0.2, 0.25) is 0 Å². The number of hydrogen-bond acceptors (Lipinski definition) is 7. The van der Waals surface area contributed by atoms with Crippen molar-refractivity contribution in [2.45, 2.75) is 37.8 Å². The highest BCUT2D eigenvalue weighted by Crippen LogP contribution is 2.52. The number of rotatable bonds is 6. The number of fused-ring (bicyclic) bond motifs is 2. The lowest BCUT2D eigenvalue weighted by molar-refractivity contribution is -0.155. The summed E-state index contributed by atoms with van der Waals surface area (Å²) in [6.45, 7) is -0.292. The number of thiazole rings is 1. The van der Waals surface area contributed by atoms with Gasteiger partial charge in [0, 0.05) is 23.9 Å². The van der Waals surface area contributed by atoms with Crippen LogP contribution in [0, 0.1) is 5.41 Å². The average molecular weight is 387 g/mol. The summed E-state index contributed by atoms with van der Waals surface area (Å²) in [7, 11) is -2.10. The van der Waals surface area contributed by atoms with Crippen molar-refractivity contribution in [3.63, 3.8) is 0 Å². The molecule has 2 aliphatic rings. The van der Waals surface area contributed by atoms with E-state index in [0.29, 0.717) is 19.3 Å². The largest absolute Gasteiger partial charge is 0.469 e. The molecule has 1 aromatic heterocycles. The molecule has 1 amide bonds. The van der Waals surface area contributed by atoms with E-state index in [1.807, 2.05) is 5.38 Å². The van der Waals surface area contributed by atoms with Gasteiger partial charge in [-0.05, 0) is 19.3 Å². The molecule has 3 atom stereocenters. The van der Waals surface area contributed by atoms with Crippen molar-refractivity contribution in [3.05, 3.63) is 16.6 Å². The fraction of sp³-hybridized carbons (Fsp3) is 0.667. The molecular formula is C15H21N3O5S2. The highest BCUT2D eigenvalue weighted by Gasteiger charge is 2.61. The molecule has 0 spiro atoms. The minimum absolute atomic E-state index is 0.0726. The van der Waals surface area contributed by atoms with Crippen LogP contribution in [0.3, 0.4) is 0 Å². The number of ether oxygens (including phenoxy) is 1. The second kappa shape index (κ2) is 6.65. The summed E-state index contributed by atoms with van der Waals surface area (Å²) in [5, 5.41) is 1.90. The molecule has 2 saturated heterocycles. The Labute approximate surface area is 150 Å². The van der Waals surface area contributed by atoms with Crippen LogP contribution in [-0.2, 0) is 30.8 Å². The van der Waals surface area contributed by atoms with Crippen molar-refractivity contribution in [3.8, 4) is 0 Å². The first-order valence-corrected chi connectivity index (χ1v) is 10.8. The zero-order chi connectivity index (χ0) is 18.2. The quantitative estimate of drug-likeness (QED) is 0.697. The van der Waals surface area contributed by atoms with Gasteiger partial charge in [-0.1, -0.05) is 0 Å². The molecule has 0 radical (unpaired) electrons. The predicted molar refractivity (Wildman–Crippen MR) is 91.4 cm³/mol. The molecule has 0 unspecified atom stereocenters. The van der Waals surface area contributed by atoms with Crippen molar-refractivity contribution in [1.29, 1.82) is 0 Å². The molecule has 1 N–H and O–H groups in total. The minimum Gasteiger partial charge on any atom is -0.469 e. The third kappa shape index (κ3) is 3.42. The smallest absolute Gasteiger partial charge is 0.314 e. The maximum Gasteiger partial charge on any atom is 0.314 e. The Morgan fingerprint density at radius 1 is 1.48 bits per heavy atom. The van der Waals surface area contributed by atoms with Crippen molar-refractivity contribution in [2.75, 3.05) is 19.9 Å². The molecule has 1 aromatic rings. The van der Waals surface area contributed by atoms with Crippen molar-refractivity contribution < 1.29 is 22.7 Å². The van der Waals surface area contributed by atoms with Crippen LogP contribution in [0.15, 0.2) is 10.9 Å². The Bertz CT molecular complexity index is 764. The number of carbonyl (C=O) groups excluding carboxylic acids is 2. The standard InChI is InChI=1S/C15H21N3O5S2/c1-23-14(20)15(5-10-8-24-9-16-10)6-11-3-4-12(15)18(11)13(19)7-17-25(2,21)22/h8-9,11-12,17H,3-7H2,1-2H3/t11-,12+,15+/m1/s1. The van der Waals surface area contributed by atoms with Gasteiger partial charge in [0.05, 0.1) is 36.5 Å². The Balaban J connectivity index is 1.84. The molecule has 0 aromatic carbocycles. The second-order valence-corrected chi connectivity index (χ2v) is 9.20. The molecule has 138 valence electrons. The van der Waals surface area contributed by atoms with Crippen LogP contribution in [0.5, 0.6) is 0 Å². The van der Waals surface area contributed by atoms with E-state index in [2.05, 4.69) is 9.71 Å². The summed E-state index contributed by atoms with van der Waals surface area (Å²) in [5.74, 6) is -0.636. The van der Waals surface area contributed by atoms with E-state index in [9.17, 15) is 18.0 Å². The summed E-state index contributed by atoms with van der Waals surface area (Å²) in [6, 6.07) is -0.364. The first-order valence-electron chi connectivity index (χ1n) is 7.98. The van der Waals surface area contributed by atoms with Gasteiger partial charge in [-0.25, -0.2) is 18.1 Å². The Kier molecular flexibility index (Phi) is 4.86. The van der Waals surface area contributed by atoms with E-state index >= 15 is 0 Å². The number of amides is 1. The van der Waals surface area contributed by atoms with Crippen LogP contribution in [0.4, 0.5) is 0 Å². The molecule has 3 rings (SSSR count). The van der Waals surface area contributed by atoms with Crippen LogP contribution < -0.4 is 4.72 Å². The molecule has 2 aliphatic heterocycles. The van der Waals surface area contributed by atoms with Gasteiger partial charge in [-0.3, -0.25) is 9.59 Å². The van der Waals surface area contributed by atoms with Crippen LogP contribution in [0.25, 0.3) is 0 Å². The minimum atomic E-state index is -3.45. The van der Waals surface area contributed by atoms with Gasteiger partial charge in [0.2, 0.25) is 15.9 Å². The van der Waals surface area contributed by atoms with Gasteiger partial charge >= 0.3 is 5.97 Å². The van der Waals surface area contributed by atoms with Crippen LogP contribution in [0.1, 0.15) is 25.0 Å². The molecule has 2 fully saturated rings. The van der Waals surface area contributed by atoms with Crippen molar-refractivity contribution in [1.82, 2.24) is 14.6 Å². The summed E-state index contributed by atoms with van der Waals surface area (Å²) in [4.78, 5) is 31.2. The number of nitrogens with zero attached hydrogens (tertiary/aromatic N) is 2. The number of aromatic nitrogens is 1. The second-order valence-electron chi connectivity index (χ2n) is 6.65. The zero-order valence-electron chi connectivity index (χ0n) is 14.1. The number of sulfonamides is 1. The molecule has 0 saturated carbocycles. The van der Waals surface area contributed by atoms with E-state index in [0.717, 1.165) is 18.4 Å². The number of hydrogen-bond donors (Lipinski definition) is 1. The van der Waals surface area contributed by atoms with Gasteiger partial charge < -0.3 is 9.64 Å². The van der Waals surface area contributed by atoms with Gasteiger partial charge in [0.25, 0.3) is 0 Å². The number of carbonyl (C=O) groups is 2. The summed E-state index contributed by atoms with van der Waals surface area (Å²) in [5.41, 5.74) is 1.71. The first kappa shape index (κ1) is 18.3. The summed E-state index contributed by atoms with van der Waals surface area (Å²) in [6.07, 6.45) is 3.47. The lowest BCUT2D eigenvalue weighted by atomic mass is 9.71. The Morgan fingerprint density at radius 2 is 2.24 bits per heavy atom. The van der Waals surface area contributed by atoms with Gasteiger partial charge in [-0.15, -0.1) is 11.3 Å². The van der Waals surface area contributed by atoms with Gasteiger partial charge in [-0.2, -0.15) is 0 Å². The first-order chi connectivity index (χ1) is 11.8. The van der Waals surface area contributed by atoms with Gasteiger partial charge in [0.15, 0.2) is 0 Å². The van der Waals surface area contributed by atoms with E-state index in [1.165, 1.54) is 18.4 Å². The highest BCUT2D eigenvalue weighted by molar-refractivity contribution is 7.88. The third-order valence-electron chi connectivity index (χ3n) is 5.09. The summed E-state index contributed by atoms with van der Waals surface area (Å²) >= 11 is 1.46. The van der Waals surface area contributed by atoms with Crippen LogP contribution >= 0.6 is 11.3 Å². The molecule has 2 bridgehead atoms.